The Kier molecular flexibility index (Phi) is 4.30. The summed E-state index contributed by atoms with van der Waals surface area (Å²) in [5.74, 6) is 0.771. The highest BCUT2D eigenvalue weighted by Gasteiger charge is 2.19. The number of halogens is 1. The van der Waals surface area contributed by atoms with E-state index in [0.717, 1.165) is 29.6 Å². The van der Waals surface area contributed by atoms with Crippen LogP contribution in [0.1, 0.15) is 25.3 Å². The van der Waals surface area contributed by atoms with Gasteiger partial charge in [-0.05, 0) is 69.5 Å². The number of anilines is 1. The van der Waals surface area contributed by atoms with Gasteiger partial charge in [-0.1, -0.05) is 11.6 Å². The minimum absolute atomic E-state index is 0.526. The molecule has 1 aliphatic heterocycles. The van der Waals surface area contributed by atoms with Gasteiger partial charge in [0.05, 0.1) is 0 Å². The molecule has 0 saturated carbocycles. The van der Waals surface area contributed by atoms with E-state index in [2.05, 4.69) is 29.7 Å². The molecule has 2 nitrogen and oxygen atoms in total. The summed E-state index contributed by atoms with van der Waals surface area (Å²) in [5, 5.41) is 7.84. The molecule has 1 fully saturated rings. The van der Waals surface area contributed by atoms with Crippen molar-refractivity contribution in [2.45, 2.75) is 32.7 Å². The van der Waals surface area contributed by atoms with Crippen LogP contribution in [0.3, 0.4) is 0 Å². The number of hydrogen-bond acceptors (Lipinski definition) is 2. The average Bonchev–Trinajstić information content (AvgIpc) is 2.35. The first-order chi connectivity index (χ1) is 8.16. The van der Waals surface area contributed by atoms with Crippen molar-refractivity contribution in [3.63, 3.8) is 0 Å². The molecule has 1 aromatic rings. The van der Waals surface area contributed by atoms with Crippen LogP contribution in [0.5, 0.6) is 0 Å². The highest BCUT2D eigenvalue weighted by Crippen LogP contribution is 2.23. The Morgan fingerprint density at radius 1 is 1.35 bits per heavy atom. The van der Waals surface area contributed by atoms with Crippen molar-refractivity contribution < 1.29 is 0 Å². The maximum Gasteiger partial charge on any atom is 0.0436 e. The summed E-state index contributed by atoms with van der Waals surface area (Å²) >= 11 is 6.03. The van der Waals surface area contributed by atoms with E-state index < -0.39 is 0 Å². The van der Waals surface area contributed by atoms with Crippen LogP contribution in [0.15, 0.2) is 18.2 Å². The van der Waals surface area contributed by atoms with Crippen LogP contribution in [-0.4, -0.2) is 19.1 Å². The quantitative estimate of drug-likeness (QED) is 0.861. The van der Waals surface area contributed by atoms with Crippen molar-refractivity contribution in [2.75, 3.05) is 18.4 Å². The minimum Gasteiger partial charge on any atom is -0.382 e. The zero-order chi connectivity index (χ0) is 12.3. The standard InChI is InChI=1S/C14H21ClN2/c1-10-9-13(3-4-14(10)15)17-11(2)12-5-7-16-8-6-12/h3-4,9,11-12,16-17H,5-8H2,1-2H3. The summed E-state index contributed by atoms with van der Waals surface area (Å²) in [6.45, 7) is 6.62. The van der Waals surface area contributed by atoms with Crippen LogP contribution in [-0.2, 0) is 0 Å². The average molecular weight is 253 g/mol. The molecule has 1 heterocycles. The van der Waals surface area contributed by atoms with Crippen molar-refractivity contribution in [2.24, 2.45) is 5.92 Å². The smallest absolute Gasteiger partial charge is 0.0436 e. The molecule has 1 unspecified atom stereocenters. The van der Waals surface area contributed by atoms with Gasteiger partial charge in [0.2, 0.25) is 0 Å². The Labute approximate surface area is 109 Å². The van der Waals surface area contributed by atoms with Gasteiger partial charge in [-0.15, -0.1) is 0 Å². The fraction of sp³-hybridized carbons (Fsp3) is 0.571. The van der Waals surface area contributed by atoms with Gasteiger partial charge in [0, 0.05) is 16.8 Å². The molecule has 0 spiro atoms. The zero-order valence-corrected chi connectivity index (χ0v) is 11.3. The third-order valence-electron chi connectivity index (χ3n) is 3.64. The third kappa shape index (κ3) is 3.36. The maximum atomic E-state index is 6.03. The second-order valence-corrected chi connectivity index (χ2v) is 5.39. The summed E-state index contributed by atoms with van der Waals surface area (Å²) in [7, 11) is 0. The lowest BCUT2D eigenvalue weighted by Gasteiger charge is -2.29. The Morgan fingerprint density at radius 3 is 2.71 bits per heavy atom. The van der Waals surface area contributed by atoms with Gasteiger partial charge in [0.15, 0.2) is 0 Å². The number of aryl methyl sites for hydroxylation is 1. The predicted molar refractivity (Wildman–Crippen MR) is 74.9 cm³/mol. The second kappa shape index (κ2) is 5.74. The summed E-state index contributed by atoms with van der Waals surface area (Å²) in [6, 6.07) is 6.68. The van der Waals surface area contributed by atoms with E-state index in [1.54, 1.807) is 0 Å². The lowest BCUT2D eigenvalue weighted by atomic mass is 9.91. The molecule has 0 aliphatic carbocycles. The second-order valence-electron chi connectivity index (χ2n) is 4.98. The molecular weight excluding hydrogens is 232 g/mol. The summed E-state index contributed by atoms with van der Waals surface area (Å²) in [4.78, 5) is 0. The van der Waals surface area contributed by atoms with Crippen LogP contribution >= 0.6 is 11.6 Å². The first kappa shape index (κ1) is 12.7. The summed E-state index contributed by atoms with van der Waals surface area (Å²) < 4.78 is 0. The number of nitrogens with one attached hydrogen (secondary N) is 2. The summed E-state index contributed by atoms with van der Waals surface area (Å²) in [5.41, 5.74) is 2.31. The normalized spacial score (nSPS) is 19.0. The number of piperidine rings is 1. The van der Waals surface area contributed by atoms with E-state index in [1.807, 2.05) is 13.0 Å². The van der Waals surface area contributed by atoms with Crippen LogP contribution < -0.4 is 10.6 Å². The Bertz CT molecular complexity index is 372. The van der Waals surface area contributed by atoms with E-state index >= 15 is 0 Å². The topological polar surface area (TPSA) is 24.1 Å². The van der Waals surface area contributed by atoms with Gasteiger partial charge in [0.25, 0.3) is 0 Å². The molecule has 0 amide bonds. The molecule has 2 N–H and O–H groups in total. The Balaban J connectivity index is 1.96. The first-order valence-electron chi connectivity index (χ1n) is 6.40. The molecule has 0 radical (unpaired) electrons. The van der Waals surface area contributed by atoms with Crippen LogP contribution in [0.2, 0.25) is 5.02 Å². The fourth-order valence-corrected chi connectivity index (χ4v) is 2.58. The van der Waals surface area contributed by atoms with Crippen LogP contribution in [0.25, 0.3) is 0 Å². The SMILES string of the molecule is Cc1cc(NC(C)C2CCNCC2)ccc1Cl. The lowest BCUT2D eigenvalue weighted by Crippen LogP contribution is -2.36. The molecule has 1 aromatic carbocycles. The predicted octanol–water partition coefficient (Wildman–Crippen LogP) is 3.45. The van der Waals surface area contributed by atoms with E-state index in [9.17, 15) is 0 Å². The van der Waals surface area contributed by atoms with Crippen molar-refractivity contribution in [1.82, 2.24) is 5.32 Å². The number of hydrogen-bond donors (Lipinski definition) is 2. The first-order valence-corrected chi connectivity index (χ1v) is 6.78. The molecule has 0 bridgehead atoms. The van der Waals surface area contributed by atoms with E-state index in [1.165, 1.54) is 18.5 Å². The monoisotopic (exact) mass is 252 g/mol. The maximum absolute atomic E-state index is 6.03. The highest BCUT2D eigenvalue weighted by atomic mass is 35.5. The molecule has 2 rings (SSSR count). The molecule has 0 aromatic heterocycles. The van der Waals surface area contributed by atoms with Crippen molar-refractivity contribution >= 4 is 17.3 Å². The van der Waals surface area contributed by atoms with Crippen LogP contribution in [0, 0.1) is 12.8 Å². The minimum atomic E-state index is 0.526. The van der Waals surface area contributed by atoms with E-state index in [4.69, 9.17) is 11.6 Å². The molecule has 17 heavy (non-hydrogen) atoms. The Hall–Kier alpha value is -0.730. The Morgan fingerprint density at radius 2 is 2.06 bits per heavy atom. The molecule has 3 heteroatoms. The van der Waals surface area contributed by atoms with Gasteiger partial charge in [-0.3, -0.25) is 0 Å². The van der Waals surface area contributed by atoms with E-state index in [0.29, 0.717) is 6.04 Å². The number of rotatable bonds is 3. The fourth-order valence-electron chi connectivity index (χ4n) is 2.46. The van der Waals surface area contributed by atoms with E-state index in [-0.39, 0.29) is 0 Å². The van der Waals surface area contributed by atoms with Crippen molar-refractivity contribution in [3.05, 3.63) is 28.8 Å². The largest absolute Gasteiger partial charge is 0.382 e. The molecule has 1 aliphatic rings. The third-order valence-corrected chi connectivity index (χ3v) is 4.07. The van der Waals surface area contributed by atoms with Gasteiger partial charge >= 0.3 is 0 Å². The van der Waals surface area contributed by atoms with Gasteiger partial charge in [0.1, 0.15) is 0 Å². The molecule has 94 valence electrons. The van der Waals surface area contributed by atoms with Crippen LogP contribution in [0.4, 0.5) is 5.69 Å². The highest BCUT2D eigenvalue weighted by molar-refractivity contribution is 6.31. The molecule has 1 saturated heterocycles. The lowest BCUT2D eigenvalue weighted by molar-refractivity contribution is 0.343. The van der Waals surface area contributed by atoms with Gasteiger partial charge in [-0.25, -0.2) is 0 Å². The zero-order valence-electron chi connectivity index (χ0n) is 10.6. The van der Waals surface area contributed by atoms with Crippen molar-refractivity contribution in [3.8, 4) is 0 Å². The summed E-state index contributed by atoms with van der Waals surface area (Å²) in [6.07, 6.45) is 2.53. The molecule has 1 atom stereocenters. The van der Waals surface area contributed by atoms with Gasteiger partial charge in [-0.2, -0.15) is 0 Å². The van der Waals surface area contributed by atoms with Gasteiger partial charge < -0.3 is 10.6 Å². The molecular formula is C14H21ClN2. The van der Waals surface area contributed by atoms with Crippen molar-refractivity contribution in [1.29, 1.82) is 0 Å². The number of benzene rings is 1.